The van der Waals surface area contributed by atoms with Crippen LogP contribution < -0.4 is 15.0 Å². The number of ether oxygens (including phenoxy) is 1. The molecule has 0 spiro atoms. The largest absolute Gasteiger partial charge is 0.438 e. The van der Waals surface area contributed by atoms with Crippen LogP contribution in [0.15, 0.2) is 42.6 Å². The molecule has 1 saturated heterocycles. The van der Waals surface area contributed by atoms with Crippen LogP contribution in [0.5, 0.6) is 11.6 Å². The number of nitrogens with one attached hydrogen (secondary N) is 1. The molecule has 1 aliphatic rings. The summed E-state index contributed by atoms with van der Waals surface area (Å²) in [6.45, 7) is 5.55. The molecule has 0 saturated carbocycles. The van der Waals surface area contributed by atoms with Crippen molar-refractivity contribution >= 4 is 23.2 Å². The van der Waals surface area contributed by atoms with Crippen molar-refractivity contribution in [1.29, 1.82) is 10.5 Å². The lowest BCUT2D eigenvalue weighted by atomic mass is 10.0. The molecule has 4 rings (SSSR count). The highest BCUT2D eigenvalue weighted by Gasteiger charge is 2.21. The summed E-state index contributed by atoms with van der Waals surface area (Å²) < 4.78 is 6.03. The molecular weight excluding hydrogens is 436 g/mol. The molecule has 0 atom stereocenters. The summed E-state index contributed by atoms with van der Waals surface area (Å²) in [7, 11) is 0. The van der Waals surface area contributed by atoms with E-state index in [0.717, 1.165) is 42.7 Å². The molecule has 1 N–H and O–H groups in total. The molecule has 33 heavy (non-hydrogen) atoms. The summed E-state index contributed by atoms with van der Waals surface area (Å²) in [6.07, 6.45) is 3.51. The maximum absolute atomic E-state index is 9.13. The first kappa shape index (κ1) is 22.4. The molecule has 8 heteroatoms. The number of piperidine rings is 1. The summed E-state index contributed by atoms with van der Waals surface area (Å²) in [5.41, 5.74) is 3.89. The number of rotatable bonds is 5. The van der Waals surface area contributed by atoms with Gasteiger partial charge in [0, 0.05) is 37.1 Å². The van der Waals surface area contributed by atoms with Crippen molar-refractivity contribution < 1.29 is 4.74 Å². The van der Waals surface area contributed by atoms with Crippen molar-refractivity contribution in [2.75, 3.05) is 23.3 Å². The number of hydrogen-bond acceptors (Lipinski definition) is 7. The van der Waals surface area contributed by atoms with Crippen LogP contribution in [0.25, 0.3) is 0 Å². The van der Waals surface area contributed by atoms with E-state index in [1.54, 1.807) is 30.5 Å². The average molecular weight is 459 g/mol. The van der Waals surface area contributed by atoms with Gasteiger partial charge < -0.3 is 15.0 Å². The van der Waals surface area contributed by atoms with Crippen molar-refractivity contribution in [3.05, 3.63) is 69.9 Å². The van der Waals surface area contributed by atoms with Crippen LogP contribution in [0.4, 0.5) is 11.6 Å². The molecular formula is C25H23ClN6O. The predicted molar refractivity (Wildman–Crippen MR) is 128 cm³/mol. The van der Waals surface area contributed by atoms with Gasteiger partial charge in [0.1, 0.15) is 11.8 Å². The Balaban J connectivity index is 1.38. The third-order valence-corrected chi connectivity index (χ3v) is 6.01. The Morgan fingerprint density at radius 1 is 1.06 bits per heavy atom. The number of benzene rings is 2. The van der Waals surface area contributed by atoms with E-state index in [4.69, 9.17) is 26.9 Å². The average Bonchev–Trinajstić information content (AvgIpc) is 2.82. The fourth-order valence-electron chi connectivity index (χ4n) is 4.00. The van der Waals surface area contributed by atoms with Gasteiger partial charge in [-0.25, -0.2) is 4.98 Å². The molecule has 0 radical (unpaired) electrons. The number of hydrogen-bond donors (Lipinski definition) is 1. The molecule has 1 fully saturated rings. The fourth-order valence-corrected chi connectivity index (χ4v) is 4.22. The summed E-state index contributed by atoms with van der Waals surface area (Å²) in [4.78, 5) is 11.1. The topological polar surface area (TPSA) is 97.9 Å². The molecule has 0 aliphatic carbocycles. The Labute approximate surface area is 198 Å². The normalized spacial score (nSPS) is 13.8. The third kappa shape index (κ3) is 5.16. The first-order valence-corrected chi connectivity index (χ1v) is 11.1. The molecule has 2 heterocycles. The van der Waals surface area contributed by atoms with E-state index in [-0.39, 0.29) is 6.04 Å². The van der Waals surface area contributed by atoms with E-state index in [2.05, 4.69) is 32.3 Å². The van der Waals surface area contributed by atoms with Gasteiger partial charge in [0.2, 0.25) is 11.8 Å². The van der Waals surface area contributed by atoms with Crippen molar-refractivity contribution in [2.24, 2.45) is 0 Å². The Hall–Kier alpha value is -3.81. The van der Waals surface area contributed by atoms with E-state index >= 15 is 0 Å². The molecule has 0 amide bonds. The monoisotopic (exact) mass is 458 g/mol. The van der Waals surface area contributed by atoms with Gasteiger partial charge in [-0.15, -0.1) is 0 Å². The molecule has 166 valence electrons. The lowest BCUT2D eigenvalue weighted by Gasteiger charge is -2.34. The maximum Gasteiger partial charge on any atom is 0.226 e. The summed E-state index contributed by atoms with van der Waals surface area (Å²) in [5, 5.41) is 22.1. The summed E-state index contributed by atoms with van der Waals surface area (Å²) >= 11 is 6.19. The van der Waals surface area contributed by atoms with E-state index < -0.39 is 0 Å². The highest BCUT2D eigenvalue weighted by atomic mass is 35.5. The van der Waals surface area contributed by atoms with E-state index in [1.165, 1.54) is 0 Å². The van der Waals surface area contributed by atoms with Gasteiger partial charge in [0.25, 0.3) is 0 Å². The Morgan fingerprint density at radius 3 is 2.42 bits per heavy atom. The van der Waals surface area contributed by atoms with Gasteiger partial charge in [-0.3, -0.25) is 0 Å². The summed E-state index contributed by atoms with van der Waals surface area (Å²) in [6, 6.07) is 15.4. The molecule has 3 aromatic rings. The van der Waals surface area contributed by atoms with Crippen LogP contribution in [-0.2, 0) is 0 Å². The number of halogens is 1. The summed E-state index contributed by atoms with van der Waals surface area (Å²) in [5.74, 6) is 1.68. The number of aromatic nitrogens is 2. The first-order chi connectivity index (χ1) is 16.0. The second-order valence-corrected chi connectivity index (χ2v) is 8.46. The standard InChI is InChI=1S/C25H23ClN6O/c1-16-11-18(14-27)12-17(2)24(16)33-23-5-8-29-25(31-23)30-20-6-9-32(10-7-20)21-4-3-19(15-28)22(26)13-21/h3-5,8,11-13,20H,6-7,9-10H2,1-2H3,(H,29,30,31). The zero-order valence-electron chi connectivity index (χ0n) is 18.5. The smallest absolute Gasteiger partial charge is 0.226 e. The van der Waals surface area contributed by atoms with Crippen LogP contribution in [0.3, 0.4) is 0 Å². The van der Waals surface area contributed by atoms with E-state index in [9.17, 15) is 0 Å². The minimum absolute atomic E-state index is 0.240. The van der Waals surface area contributed by atoms with Crippen molar-refractivity contribution in [2.45, 2.75) is 32.7 Å². The molecule has 1 aliphatic heterocycles. The maximum atomic E-state index is 9.13. The third-order valence-electron chi connectivity index (χ3n) is 5.69. The van der Waals surface area contributed by atoms with Gasteiger partial charge in [-0.2, -0.15) is 15.5 Å². The molecule has 1 aromatic heterocycles. The number of nitriles is 2. The van der Waals surface area contributed by atoms with Crippen molar-refractivity contribution in [3.63, 3.8) is 0 Å². The minimum atomic E-state index is 0.240. The number of nitrogens with zero attached hydrogens (tertiary/aromatic N) is 5. The lowest BCUT2D eigenvalue weighted by molar-refractivity contribution is 0.454. The molecule has 0 unspecified atom stereocenters. The van der Waals surface area contributed by atoms with Crippen LogP contribution in [0.1, 0.15) is 35.1 Å². The number of aryl methyl sites for hydroxylation is 2. The zero-order valence-corrected chi connectivity index (χ0v) is 19.2. The fraction of sp³-hybridized carbons (Fsp3) is 0.280. The van der Waals surface area contributed by atoms with Gasteiger partial charge >= 0.3 is 0 Å². The van der Waals surface area contributed by atoms with Gasteiger partial charge in [-0.05, 0) is 68.1 Å². The van der Waals surface area contributed by atoms with Crippen molar-refractivity contribution in [3.8, 4) is 23.8 Å². The Morgan fingerprint density at radius 2 is 1.79 bits per heavy atom. The molecule has 0 bridgehead atoms. The van der Waals surface area contributed by atoms with Gasteiger partial charge in [0.15, 0.2) is 0 Å². The highest BCUT2D eigenvalue weighted by Crippen LogP contribution is 2.30. The van der Waals surface area contributed by atoms with Crippen LogP contribution in [0, 0.1) is 36.5 Å². The SMILES string of the molecule is Cc1cc(C#N)cc(C)c1Oc1ccnc(NC2CCN(c3ccc(C#N)c(Cl)c3)CC2)n1. The Bertz CT molecular complexity index is 1230. The van der Waals surface area contributed by atoms with Gasteiger partial charge in [-0.1, -0.05) is 11.6 Å². The van der Waals surface area contributed by atoms with Crippen LogP contribution in [0.2, 0.25) is 5.02 Å². The number of anilines is 2. The predicted octanol–water partition coefficient (Wildman–Crippen LogP) is 5.36. The van der Waals surface area contributed by atoms with Crippen LogP contribution >= 0.6 is 11.6 Å². The molecule has 7 nitrogen and oxygen atoms in total. The van der Waals surface area contributed by atoms with Crippen LogP contribution in [-0.4, -0.2) is 29.1 Å². The second kappa shape index (κ2) is 9.77. The zero-order chi connectivity index (χ0) is 23.4. The quantitative estimate of drug-likeness (QED) is 0.549. The van der Waals surface area contributed by atoms with Crippen molar-refractivity contribution in [1.82, 2.24) is 9.97 Å². The van der Waals surface area contributed by atoms with Gasteiger partial charge in [0.05, 0.1) is 22.2 Å². The van der Waals surface area contributed by atoms with E-state index in [1.807, 2.05) is 26.0 Å². The van der Waals surface area contributed by atoms with E-state index in [0.29, 0.717) is 33.7 Å². The Kier molecular flexibility index (Phi) is 6.63. The molecule has 2 aromatic carbocycles. The highest BCUT2D eigenvalue weighted by molar-refractivity contribution is 6.32. The second-order valence-electron chi connectivity index (χ2n) is 8.05. The first-order valence-electron chi connectivity index (χ1n) is 10.7. The lowest BCUT2D eigenvalue weighted by Crippen LogP contribution is -2.39. The minimum Gasteiger partial charge on any atom is -0.438 e.